The average Bonchev–Trinajstić information content (AvgIpc) is 2.87. The second-order valence-corrected chi connectivity index (χ2v) is 4.89. The summed E-state index contributed by atoms with van der Waals surface area (Å²) in [6.45, 7) is 2.04. The first kappa shape index (κ1) is 13.3. The lowest BCUT2D eigenvalue weighted by molar-refractivity contribution is 0.0698. The molecule has 19 heavy (non-hydrogen) atoms. The molecule has 2 N–H and O–H groups in total. The zero-order valence-electron chi connectivity index (χ0n) is 10.3. The maximum atomic E-state index is 12.0. The van der Waals surface area contributed by atoms with Crippen molar-refractivity contribution in [2.75, 3.05) is 5.32 Å². The number of carbonyl (C=O) groups is 2. The van der Waals surface area contributed by atoms with Crippen LogP contribution in [0.25, 0.3) is 0 Å². The Labute approximate surface area is 114 Å². The van der Waals surface area contributed by atoms with Crippen LogP contribution in [-0.2, 0) is 6.42 Å². The van der Waals surface area contributed by atoms with Crippen molar-refractivity contribution < 1.29 is 14.7 Å². The molecule has 0 saturated heterocycles. The molecule has 98 valence electrons. The van der Waals surface area contributed by atoms with Gasteiger partial charge in [-0.3, -0.25) is 4.79 Å². The second-order valence-electron chi connectivity index (χ2n) is 3.97. The number of carboxylic acids is 1. The third-order valence-electron chi connectivity index (χ3n) is 2.75. The van der Waals surface area contributed by atoms with Crippen LogP contribution in [0.5, 0.6) is 0 Å². The predicted molar refractivity (Wildman–Crippen MR) is 75.1 cm³/mol. The van der Waals surface area contributed by atoms with Gasteiger partial charge < -0.3 is 10.4 Å². The van der Waals surface area contributed by atoms with Crippen LogP contribution >= 0.6 is 11.3 Å². The molecule has 0 radical (unpaired) electrons. The molecule has 2 aromatic rings. The van der Waals surface area contributed by atoms with E-state index in [9.17, 15) is 9.59 Å². The number of thiophene rings is 1. The van der Waals surface area contributed by atoms with Gasteiger partial charge in [-0.1, -0.05) is 19.1 Å². The van der Waals surface area contributed by atoms with Crippen LogP contribution in [0.2, 0.25) is 0 Å². The van der Waals surface area contributed by atoms with Crippen molar-refractivity contribution in [1.82, 2.24) is 0 Å². The van der Waals surface area contributed by atoms with E-state index in [4.69, 9.17) is 5.11 Å². The summed E-state index contributed by atoms with van der Waals surface area (Å²) < 4.78 is 0. The Morgan fingerprint density at radius 3 is 2.47 bits per heavy atom. The van der Waals surface area contributed by atoms with Crippen LogP contribution in [0, 0.1) is 0 Å². The number of aryl methyl sites for hydroxylation is 1. The number of carbonyl (C=O) groups excluding carboxylic acids is 1. The number of nitrogens with one attached hydrogen (secondary N) is 1. The second kappa shape index (κ2) is 5.67. The van der Waals surface area contributed by atoms with Crippen LogP contribution in [0.15, 0.2) is 35.7 Å². The molecular weight excluding hydrogens is 262 g/mol. The summed E-state index contributed by atoms with van der Waals surface area (Å²) in [6, 6.07) is 8.73. The highest BCUT2D eigenvalue weighted by atomic mass is 32.1. The fourth-order valence-electron chi connectivity index (χ4n) is 1.64. The number of aromatic carboxylic acids is 1. The molecule has 0 aliphatic carbocycles. The molecule has 1 aromatic heterocycles. The first-order valence-corrected chi connectivity index (χ1v) is 6.71. The quantitative estimate of drug-likeness (QED) is 0.900. The number of hydrogen-bond acceptors (Lipinski definition) is 3. The van der Waals surface area contributed by atoms with Crippen molar-refractivity contribution in [2.24, 2.45) is 0 Å². The standard InChI is InChI=1S/C14H13NO3S/c1-2-9-3-5-10(6-4-9)12(16)15-13-11(14(17)18)7-8-19-13/h3-8H,2H2,1H3,(H,15,16)(H,17,18). The van der Waals surface area contributed by atoms with Gasteiger partial charge in [0.2, 0.25) is 0 Å². The van der Waals surface area contributed by atoms with Gasteiger partial charge in [0.1, 0.15) is 5.00 Å². The highest BCUT2D eigenvalue weighted by molar-refractivity contribution is 7.14. The summed E-state index contributed by atoms with van der Waals surface area (Å²) in [5, 5.41) is 13.6. The first-order valence-electron chi connectivity index (χ1n) is 5.83. The van der Waals surface area contributed by atoms with Crippen LogP contribution < -0.4 is 5.32 Å². The Morgan fingerprint density at radius 1 is 1.21 bits per heavy atom. The number of rotatable bonds is 4. The van der Waals surface area contributed by atoms with Gasteiger partial charge in [0.15, 0.2) is 0 Å². The molecule has 0 aliphatic rings. The molecule has 0 atom stereocenters. The van der Waals surface area contributed by atoms with Crippen molar-refractivity contribution in [3.8, 4) is 0 Å². The molecule has 1 heterocycles. The molecule has 0 saturated carbocycles. The largest absolute Gasteiger partial charge is 0.478 e. The third kappa shape index (κ3) is 3.00. The predicted octanol–water partition coefficient (Wildman–Crippen LogP) is 3.26. The summed E-state index contributed by atoms with van der Waals surface area (Å²) in [5.41, 5.74) is 1.78. The Hall–Kier alpha value is -2.14. The molecule has 0 aliphatic heterocycles. The van der Waals surface area contributed by atoms with Crippen molar-refractivity contribution >= 4 is 28.2 Å². The zero-order chi connectivity index (χ0) is 13.8. The van der Waals surface area contributed by atoms with E-state index in [-0.39, 0.29) is 11.5 Å². The molecule has 5 heteroatoms. The molecule has 0 bridgehead atoms. The van der Waals surface area contributed by atoms with Crippen molar-refractivity contribution in [2.45, 2.75) is 13.3 Å². The van der Waals surface area contributed by atoms with Crippen LogP contribution in [0.1, 0.15) is 33.2 Å². The summed E-state index contributed by atoms with van der Waals surface area (Å²) in [6.07, 6.45) is 0.913. The number of benzene rings is 1. The van der Waals surface area contributed by atoms with Crippen LogP contribution in [-0.4, -0.2) is 17.0 Å². The normalized spacial score (nSPS) is 10.2. The van der Waals surface area contributed by atoms with Crippen molar-refractivity contribution in [1.29, 1.82) is 0 Å². The molecular formula is C14H13NO3S. The lowest BCUT2D eigenvalue weighted by Crippen LogP contribution is -2.13. The SMILES string of the molecule is CCc1ccc(C(=O)Nc2sccc2C(=O)O)cc1. The number of anilines is 1. The van der Waals surface area contributed by atoms with E-state index in [0.29, 0.717) is 10.6 Å². The Morgan fingerprint density at radius 2 is 1.89 bits per heavy atom. The molecule has 2 rings (SSSR count). The van der Waals surface area contributed by atoms with Gasteiger partial charge in [0, 0.05) is 5.56 Å². The Balaban J connectivity index is 2.16. The number of amides is 1. The Bertz CT molecular complexity index is 601. The lowest BCUT2D eigenvalue weighted by Gasteiger charge is -2.05. The maximum absolute atomic E-state index is 12.0. The number of carboxylic acid groups (broad SMARTS) is 1. The summed E-state index contributed by atoms with van der Waals surface area (Å²) in [5.74, 6) is -1.34. The minimum absolute atomic E-state index is 0.114. The maximum Gasteiger partial charge on any atom is 0.338 e. The van der Waals surface area contributed by atoms with E-state index in [1.165, 1.54) is 17.4 Å². The van der Waals surface area contributed by atoms with Gasteiger partial charge in [-0.2, -0.15) is 0 Å². The molecule has 1 aromatic carbocycles. The molecule has 0 spiro atoms. The fourth-order valence-corrected chi connectivity index (χ4v) is 2.42. The van der Waals surface area contributed by atoms with Gasteiger partial charge in [0.05, 0.1) is 5.56 Å². The zero-order valence-corrected chi connectivity index (χ0v) is 11.2. The molecule has 1 amide bonds. The average molecular weight is 275 g/mol. The highest BCUT2D eigenvalue weighted by Crippen LogP contribution is 2.23. The number of hydrogen-bond donors (Lipinski definition) is 2. The van der Waals surface area contributed by atoms with E-state index in [1.807, 2.05) is 19.1 Å². The fraction of sp³-hybridized carbons (Fsp3) is 0.143. The molecule has 0 unspecified atom stereocenters. The minimum atomic E-state index is -1.04. The van der Waals surface area contributed by atoms with E-state index >= 15 is 0 Å². The smallest absolute Gasteiger partial charge is 0.338 e. The van der Waals surface area contributed by atoms with Gasteiger partial charge >= 0.3 is 5.97 Å². The topological polar surface area (TPSA) is 66.4 Å². The van der Waals surface area contributed by atoms with Gasteiger partial charge in [-0.25, -0.2) is 4.79 Å². The van der Waals surface area contributed by atoms with Gasteiger partial charge in [-0.15, -0.1) is 11.3 Å². The monoisotopic (exact) mass is 275 g/mol. The van der Waals surface area contributed by atoms with Crippen LogP contribution in [0.3, 0.4) is 0 Å². The summed E-state index contributed by atoms with van der Waals surface area (Å²) >= 11 is 1.20. The van der Waals surface area contributed by atoms with Gasteiger partial charge in [0.25, 0.3) is 5.91 Å². The van der Waals surface area contributed by atoms with E-state index < -0.39 is 5.97 Å². The van der Waals surface area contributed by atoms with Crippen molar-refractivity contribution in [3.05, 3.63) is 52.4 Å². The summed E-state index contributed by atoms with van der Waals surface area (Å²) in [4.78, 5) is 22.9. The van der Waals surface area contributed by atoms with E-state index in [2.05, 4.69) is 5.32 Å². The highest BCUT2D eigenvalue weighted by Gasteiger charge is 2.14. The van der Waals surface area contributed by atoms with Gasteiger partial charge in [-0.05, 0) is 35.6 Å². The van der Waals surface area contributed by atoms with Crippen LogP contribution in [0.4, 0.5) is 5.00 Å². The Kier molecular flexibility index (Phi) is 3.97. The van der Waals surface area contributed by atoms with E-state index in [0.717, 1.165) is 12.0 Å². The van der Waals surface area contributed by atoms with E-state index in [1.54, 1.807) is 17.5 Å². The molecule has 0 fully saturated rings. The van der Waals surface area contributed by atoms with Crippen molar-refractivity contribution in [3.63, 3.8) is 0 Å². The first-order chi connectivity index (χ1) is 9.11. The lowest BCUT2D eigenvalue weighted by atomic mass is 10.1. The molecule has 4 nitrogen and oxygen atoms in total. The summed E-state index contributed by atoms with van der Waals surface area (Å²) in [7, 11) is 0. The minimum Gasteiger partial charge on any atom is -0.478 e. The third-order valence-corrected chi connectivity index (χ3v) is 3.58.